The number of amides is 2. The molecule has 2 fully saturated rings. The largest absolute Gasteiger partial charge is 0.481 e. The van der Waals surface area contributed by atoms with Crippen molar-refractivity contribution < 1.29 is 14.7 Å². The average Bonchev–Trinajstić information content (AvgIpc) is 3.12. The number of carboxylic acids is 1. The molecule has 18 heavy (non-hydrogen) atoms. The molecule has 6 heteroatoms. The number of thioether (sulfide) groups is 1. The Morgan fingerprint density at radius 2 is 2.22 bits per heavy atom. The van der Waals surface area contributed by atoms with Crippen molar-refractivity contribution in [1.82, 2.24) is 10.2 Å². The minimum atomic E-state index is -0.837. The second-order valence-corrected chi connectivity index (χ2v) is 6.25. The average molecular weight is 272 g/mol. The molecule has 1 saturated heterocycles. The SMILES string of the molecule is CC(NC(=O)N1CCSCC1CC(=O)O)C1CC1. The molecule has 0 spiro atoms. The molecule has 5 nitrogen and oxygen atoms in total. The Morgan fingerprint density at radius 1 is 1.50 bits per heavy atom. The highest BCUT2D eigenvalue weighted by Crippen LogP contribution is 2.32. The molecule has 0 radical (unpaired) electrons. The van der Waals surface area contributed by atoms with Crippen LogP contribution in [0.4, 0.5) is 4.79 Å². The van der Waals surface area contributed by atoms with Crippen LogP contribution >= 0.6 is 11.8 Å². The lowest BCUT2D eigenvalue weighted by Gasteiger charge is -2.35. The monoisotopic (exact) mass is 272 g/mol. The quantitative estimate of drug-likeness (QED) is 0.811. The third kappa shape index (κ3) is 3.54. The molecule has 2 amide bonds. The molecule has 2 aliphatic rings. The molecule has 2 N–H and O–H groups in total. The third-order valence-corrected chi connectivity index (χ3v) is 4.67. The van der Waals surface area contributed by atoms with E-state index in [1.165, 1.54) is 12.8 Å². The summed E-state index contributed by atoms with van der Waals surface area (Å²) in [6.07, 6.45) is 2.42. The Hall–Kier alpha value is -0.910. The van der Waals surface area contributed by atoms with Crippen LogP contribution in [0.1, 0.15) is 26.2 Å². The van der Waals surface area contributed by atoms with Crippen LogP contribution in [0, 0.1) is 5.92 Å². The van der Waals surface area contributed by atoms with E-state index in [1.807, 2.05) is 6.92 Å². The molecule has 0 aromatic heterocycles. The van der Waals surface area contributed by atoms with Crippen LogP contribution in [0.2, 0.25) is 0 Å². The van der Waals surface area contributed by atoms with E-state index >= 15 is 0 Å². The Balaban J connectivity index is 1.90. The zero-order valence-corrected chi connectivity index (χ0v) is 11.4. The van der Waals surface area contributed by atoms with Crippen molar-refractivity contribution in [2.24, 2.45) is 5.92 Å². The molecule has 1 saturated carbocycles. The van der Waals surface area contributed by atoms with Gasteiger partial charge in [-0.15, -0.1) is 0 Å². The van der Waals surface area contributed by atoms with Gasteiger partial charge in [0.2, 0.25) is 0 Å². The van der Waals surface area contributed by atoms with Gasteiger partial charge in [0.25, 0.3) is 0 Å². The van der Waals surface area contributed by atoms with Gasteiger partial charge in [-0.3, -0.25) is 4.79 Å². The van der Waals surface area contributed by atoms with E-state index in [1.54, 1.807) is 16.7 Å². The summed E-state index contributed by atoms with van der Waals surface area (Å²) >= 11 is 1.72. The number of carbonyl (C=O) groups is 2. The molecule has 2 rings (SSSR count). The minimum absolute atomic E-state index is 0.0399. The number of nitrogens with one attached hydrogen (secondary N) is 1. The van der Waals surface area contributed by atoms with Crippen molar-refractivity contribution in [3.63, 3.8) is 0 Å². The summed E-state index contributed by atoms with van der Waals surface area (Å²) in [5, 5.41) is 11.9. The van der Waals surface area contributed by atoms with Crippen LogP contribution in [0.5, 0.6) is 0 Å². The lowest BCUT2D eigenvalue weighted by Crippen LogP contribution is -2.53. The van der Waals surface area contributed by atoms with E-state index in [-0.39, 0.29) is 24.5 Å². The standard InChI is InChI=1S/C12H20N2O3S/c1-8(9-2-3-9)13-12(17)14-4-5-18-7-10(14)6-11(15)16/h8-10H,2-7H2,1H3,(H,13,17)(H,15,16). The first kappa shape index (κ1) is 13.5. The van der Waals surface area contributed by atoms with E-state index in [4.69, 9.17) is 5.11 Å². The summed E-state index contributed by atoms with van der Waals surface area (Å²) in [5.74, 6) is 1.39. The van der Waals surface area contributed by atoms with E-state index in [9.17, 15) is 9.59 Å². The summed E-state index contributed by atoms with van der Waals surface area (Å²) in [6, 6.07) is -0.0637. The molecule has 102 valence electrons. The van der Waals surface area contributed by atoms with Gasteiger partial charge < -0.3 is 15.3 Å². The fourth-order valence-electron chi connectivity index (χ4n) is 2.28. The van der Waals surface area contributed by atoms with E-state index in [2.05, 4.69) is 5.32 Å². The molecule has 0 aromatic carbocycles. The maximum atomic E-state index is 12.1. The number of aliphatic carboxylic acids is 1. The molecule has 1 aliphatic carbocycles. The second kappa shape index (κ2) is 5.82. The summed E-state index contributed by atoms with van der Waals surface area (Å²) in [4.78, 5) is 24.7. The highest BCUT2D eigenvalue weighted by molar-refractivity contribution is 7.99. The van der Waals surface area contributed by atoms with Crippen LogP contribution in [-0.4, -0.2) is 52.1 Å². The Bertz CT molecular complexity index is 333. The van der Waals surface area contributed by atoms with E-state index in [0.717, 1.165) is 11.5 Å². The lowest BCUT2D eigenvalue weighted by molar-refractivity contribution is -0.137. The predicted molar refractivity (Wildman–Crippen MR) is 70.8 cm³/mol. The summed E-state index contributed by atoms with van der Waals surface area (Å²) in [7, 11) is 0. The van der Waals surface area contributed by atoms with Crippen LogP contribution in [0.3, 0.4) is 0 Å². The second-order valence-electron chi connectivity index (χ2n) is 5.10. The first-order valence-corrected chi connectivity index (χ1v) is 7.60. The number of hydrogen-bond donors (Lipinski definition) is 2. The molecule has 0 bridgehead atoms. The number of hydrogen-bond acceptors (Lipinski definition) is 3. The Labute approximate surface area is 111 Å². The van der Waals surface area contributed by atoms with Gasteiger partial charge in [0, 0.05) is 24.1 Å². The fourth-order valence-corrected chi connectivity index (χ4v) is 3.35. The molecular weight excluding hydrogens is 252 g/mol. The Morgan fingerprint density at radius 3 is 2.83 bits per heavy atom. The van der Waals surface area contributed by atoms with Crippen molar-refractivity contribution in [1.29, 1.82) is 0 Å². The zero-order valence-electron chi connectivity index (χ0n) is 10.6. The molecule has 2 atom stereocenters. The van der Waals surface area contributed by atoms with Crippen molar-refractivity contribution in [2.75, 3.05) is 18.1 Å². The third-order valence-electron chi connectivity index (χ3n) is 3.58. The predicted octanol–water partition coefficient (Wildman–Crippen LogP) is 1.39. The summed E-state index contributed by atoms with van der Waals surface area (Å²) in [6.45, 7) is 2.67. The molecule has 2 unspecified atom stereocenters. The van der Waals surface area contributed by atoms with Gasteiger partial charge in [0.05, 0.1) is 12.5 Å². The van der Waals surface area contributed by atoms with Gasteiger partial charge in [-0.25, -0.2) is 4.79 Å². The van der Waals surface area contributed by atoms with Crippen LogP contribution in [0.15, 0.2) is 0 Å². The first-order valence-electron chi connectivity index (χ1n) is 6.44. The number of nitrogens with zero attached hydrogens (tertiary/aromatic N) is 1. The maximum absolute atomic E-state index is 12.1. The highest BCUT2D eigenvalue weighted by Gasteiger charge is 2.33. The normalized spacial score (nSPS) is 25.6. The smallest absolute Gasteiger partial charge is 0.317 e. The topological polar surface area (TPSA) is 69.6 Å². The molecule has 1 aliphatic heterocycles. The lowest BCUT2D eigenvalue weighted by atomic mass is 10.2. The summed E-state index contributed by atoms with van der Waals surface area (Å²) < 4.78 is 0. The van der Waals surface area contributed by atoms with Crippen molar-refractivity contribution in [2.45, 2.75) is 38.3 Å². The van der Waals surface area contributed by atoms with Gasteiger partial charge in [0.15, 0.2) is 0 Å². The van der Waals surface area contributed by atoms with Crippen LogP contribution in [-0.2, 0) is 4.79 Å². The van der Waals surface area contributed by atoms with Gasteiger partial charge in [-0.2, -0.15) is 11.8 Å². The van der Waals surface area contributed by atoms with Crippen LogP contribution in [0.25, 0.3) is 0 Å². The number of carbonyl (C=O) groups excluding carboxylic acids is 1. The zero-order chi connectivity index (χ0) is 13.1. The maximum Gasteiger partial charge on any atom is 0.317 e. The minimum Gasteiger partial charge on any atom is -0.481 e. The first-order chi connectivity index (χ1) is 8.58. The number of urea groups is 1. The molecule has 0 aromatic rings. The fraction of sp³-hybridized carbons (Fsp3) is 0.833. The van der Waals surface area contributed by atoms with E-state index in [0.29, 0.717) is 12.5 Å². The van der Waals surface area contributed by atoms with Crippen LogP contribution < -0.4 is 5.32 Å². The summed E-state index contributed by atoms with van der Waals surface area (Å²) in [5.41, 5.74) is 0. The molecular formula is C12H20N2O3S. The van der Waals surface area contributed by atoms with Gasteiger partial charge in [-0.05, 0) is 25.7 Å². The highest BCUT2D eigenvalue weighted by atomic mass is 32.2. The number of carboxylic acid groups (broad SMARTS) is 1. The van der Waals surface area contributed by atoms with Gasteiger partial charge >= 0.3 is 12.0 Å². The van der Waals surface area contributed by atoms with Crippen molar-refractivity contribution in [3.8, 4) is 0 Å². The van der Waals surface area contributed by atoms with Gasteiger partial charge in [0.1, 0.15) is 0 Å². The van der Waals surface area contributed by atoms with Crippen molar-refractivity contribution in [3.05, 3.63) is 0 Å². The van der Waals surface area contributed by atoms with Crippen molar-refractivity contribution >= 4 is 23.8 Å². The van der Waals surface area contributed by atoms with Gasteiger partial charge in [-0.1, -0.05) is 0 Å². The molecule has 1 heterocycles. The van der Waals surface area contributed by atoms with E-state index < -0.39 is 5.97 Å². The number of rotatable bonds is 4. The Kier molecular flexibility index (Phi) is 4.37.